The van der Waals surface area contributed by atoms with Gasteiger partial charge in [0.25, 0.3) is 0 Å². The van der Waals surface area contributed by atoms with Gasteiger partial charge in [0.15, 0.2) is 9.84 Å². The molecule has 0 fully saturated rings. The minimum Gasteiger partial charge on any atom is -0.324 e. The van der Waals surface area contributed by atoms with Crippen molar-refractivity contribution < 1.29 is 13.2 Å². The number of nitrogens with one attached hydrogen (secondary N) is 2. The Morgan fingerprint density at radius 2 is 1.89 bits per heavy atom. The third-order valence-corrected chi connectivity index (χ3v) is 4.37. The summed E-state index contributed by atoms with van der Waals surface area (Å²) in [4.78, 5) is 11.9. The summed E-state index contributed by atoms with van der Waals surface area (Å²) < 4.78 is 23.8. The van der Waals surface area contributed by atoms with E-state index in [4.69, 9.17) is 0 Å². The Morgan fingerprint density at radius 3 is 2.53 bits per heavy atom. The normalized spacial score (nSPS) is 11.3. The van der Waals surface area contributed by atoms with Gasteiger partial charge >= 0.3 is 0 Å². The maximum Gasteiger partial charge on any atom is 0.238 e. The molecular formula is C13H20N2O3S. The Kier molecular flexibility index (Phi) is 5.98. The number of hydrogen-bond donors (Lipinski definition) is 2. The van der Waals surface area contributed by atoms with E-state index in [1.54, 1.807) is 25.1 Å². The predicted octanol–water partition coefficient (Wildman–Crippen LogP) is 1.42. The molecule has 19 heavy (non-hydrogen) atoms. The molecule has 0 unspecified atom stereocenters. The van der Waals surface area contributed by atoms with Crippen LogP contribution in [-0.4, -0.2) is 33.2 Å². The van der Waals surface area contributed by atoms with Gasteiger partial charge in [-0.1, -0.05) is 26.0 Å². The number of carbonyl (C=O) groups excluding carboxylic acids is 1. The highest BCUT2D eigenvalue weighted by Crippen LogP contribution is 2.21. The van der Waals surface area contributed by atoms with Crippen LogP contribution in [0.3, 0.4) is 0 Å². The van der Waals surface area contributed by atoms with E-state index in [1.165, 1.54) is 6.07 Å². The van der Waals surface area contributed by atoms with Gasteiger partial charge in [0, 0.05) is 0 Å². The highest BCUT2D eigenvalue weighted by molar-refractivity contribution is 7.91. The molecule has 1 aromatic rings. The standard InChI is InChI=1S/C13H20N2O3S/c1-3-9-14-10-13(16)15-11-7-5-6-8-12(11)19(17,18)4-2/h5-8,14H,3-4,9-10H2,1-2H3,(H,15,16). The topological polar surface area (TPSA) is 75.3 Å². The van der Waals surface area contributed by atoms with E-state index in [2.05, 4.69) is 10.6 Å². The lowest BCUT2D eigenvalue weighted by atomic mass is 10.3. The molecule has 0 aromatic heterocycles. The third kappa shape index (κ3) is 4.65. The second kappa shape index (κ2) is 7.25. The summed E-state index contributed by atoms with van der Waals surface area (Å²) in [6.07, 6.45) is 0.939. The monoisotopic (exact) mass is 284 g/mol. The van der Waals surface area contributed by atoms with Crippen molar-refractivity contribution in [1.82, 2.24) is 5.32 Å². The van der Waals surface area contributed by atoms with E-state index in [0.29, 0.717) is 5.69 Å². The van der Waals surface area contributed by atoms with Crippen molar-refractivity contribution >= 4 is 21.4 Å². The first-order valence-corrected chi connectivity index (χ1v) is 7.98. The fourth-order valence-electron chi connectivity index (χ4n) is 1.57. The molecular weight excluding hydrogens is 264 g/mol. The summed E-state index contributed by atoms with van der Waals surface area (Å²) >= 11 is 0. The van der Waals surface area contributed by atoms with E-state index < -0.39 is 9.84 Å². The van der Waals surface area contributed by atoms with Crippen LogP contribution in [0.4, 0.5) is 5.69 Å². The Balaban J connectivity index is 2.82. The number of para-hydroxylation sites is 1. The van der Waals surface area contributed by atoms with Gasteiger partial charge in [-0.3, -0.25) is 4.79 Å². The van der Waals surface area contributed by atoms with Crippen LogP contribution >= 0.6 is 0 Å². The number of amides is 1. The third-order valence-electron chi connectivity index (χ3n) is 2.59. The molecule has 1 amide bonds. The van der Waals surface area contributed by atoms with Crippen molar-refractivity contribution in [1.29, 1.82) is 0 Å². The predicted molar refractivity (Wildman–Crippen MR) is 76.0 cm³/mol. The largest absolute Gasteiger partial charge is 0.324 e. The van der Waals surface area contributed by atoms with Crippen LogP contribution in [0.5, 0.6) is 0 Å². The van der Waals surface area contributed by atoms with Gasteiger partial charge in [0.2, 0.25) is 5.91 Å². The zero-order chi connectivity index (χ0) is 14.3. The van der Waals surface area contributed by atoms with Crippen molar-refractivity contribution in [2.75, 3.05) is 24.2 Å². The van der Waals surface area contributed by atoms with Gasteiger partial charge in [-0.25, -0.2) is 8.42 Å². The van der Waals surface area contributed by atoms with E-state index in [-0.39, 0.29) is 23.1 Å². The summed E-state index contributed by atoms with van der Waals surface area (Å²) in [7, 11) is -3.33. The maximum absolute atomic E-state index is 11.9. The summed E-state index contributed by atoms with van der Waals surface area (Å²) in [6, 6.07) is 6.45. The molecule has 0 saturated heterocycles. The molecule has 5 nitrogen and oxygen atoms in total. The average molecular weight is 284 g/mol. The SMILES string of the molecule is CCCNCC(=O)Nc1ccccc1S(=O)(=O)CC. The summed E-state index contributed by atoms with van der Waals surface area (Å²) in [5.41, 5.74) is 0.340. The molecule has 0 saturated carbocycles. The highest BCUT2D eigenvalue weighted by Gasteiger charge is 2.17. The summed E-state index contributed by atoms with van der Waals surface area (Å²) in [5.74, 6) is -0.235. The molecule has 0 radical (unpaired) electrons. The van der Waals surface area contributed by atoms with Crippen molar-refractivity contribution in [3.8, 4) is 0 Å². The number of carbonyl (C=O) groups is 1. The van der Waals surface area contributed by atoms with E-state index in [1.807, 2.05) is 6.92 Å². The van der Waals surface area contributed by atoms with Crippen LogP contribution in [0.1, 0.15) is 20.3 Å². The van der Waals surface area contributed by atoms with Gasteiger partial charge in [-0.05, 0) is 25.1 Å². The molecule has 2 N–H and O–H groups in total. The van der Waals surface area contributed by atoms with Crippen LogP contribution < -0.4 is 10.6 Å². The van der Waals surface area contributed by atoms with Crippen LogP contribution in [0, 0.1) is 0 Å². The molecule has 0 aliphatic carbocycles. The Labute approximate surface area is 114 Å². The first-order chi connectivity index (χ1) is 9.01. The smallest absolute Gasteiger partial charge is 0.238 e. The van der Waals surface area contributed by atoms with Gasteiger partial charge in [0.05, 0.1) is 22.9 Å². The average Bonchev–Trinajstić information content (AvgIpc) is 2.39. The van der Waals surface area contributed by atoms with Crippen molar-refractivity contribution in [2.45, 2.75) is 25.2 Å². The number of anilines is 1. The minimum absolute atomic E-state index is 0.00791. The zero-order valence-corrected chi connectivity index (χ0v) is 12.1. The van der Waals surface area contributed by atoms with Gasteiger partial charge < -0.3 is 10.6 Å². The van der Waals surface area contributed by atoms with Gasteiger partial charge in [-0.15, -0.1) is 0 Å². The molecule has 0 heterocycles. The number of sulfone groups is 1. The second-order valence-corrected chi connectivity index (χ2v) is 6.37. The fourth-order valence-corrected chi connectivity index (χ4v) is 2.62. The molecule has 0 aliphatic heterocycles. The lowest BCUT2D eigenvalue weighted by Crippen LogP contribution is -2.29. The first kappa shape index (κ1) is 15.7. The molecule has 0 spiro atoms. The molecule has 0 aliphatic rings. The second-order valence-electron chi connectivity index (χ2n) is 4.12. The van der Waals surface area contributed by atoms with Crippen LogP contribution in [0.25, 0.3) is 0 Å². The number of benzene rings is 1. The first-order valence-electron chi connectivity index (χ1n) is 6.33. The highest BCUT2D eigenvalue weighted by atomic mass is 32.2. The van der Waals surface area contributed by atoms with Gasteiger partial charge in [-0.2, -0.15) is 0 Å². The Bertz CT molecular complexity index is 526. The lowest BCUT2D eigenvalue weighted by Gasteiger charge is -2.11. The van der Waals surface area contributed by atoms with E-state index in [0.717, 1.165) is 13.0 Å². The van der Waals surface area contributed by atoms with Crippen molar-refractivity contribution in [3.05, 3.63) is 24.3 Å². The summed E-state index contributed by atoms with van der Waals surface area (Å²) in [6.45, 7) is 4.52. The Morgan fingerprint density at radius 1 is 1.21 bits per heavy atom. The molecule has 1 aromatic carbocycles. The van der Waals surface area contributed by atoms with Crippen LogP contribution in [0.15, 0.2) is 29.2 Å². The Hall–Kier alpha value is -1.40. The van der Waals surface area contributed by atoms with Crippen LogP contribution in [-0.2, 0) is 14.6 Å². The molecule has 0 bridgehead atoms. The quantitative estimate of drug-likeness (QED) is 0.743. The summed E-state index contributed by atoms with van der Waals surface area (Å²) in [5, 5.41) is 5.60. The molecule has 106 valence electrons. The minimum atomic E-state index is -3.33. The van der Waals surface area contributed by atoms with Crippen LogP contribution in [0.2, 0.25) is 0 Å². The molecule has 6 heteroatoms. The molecule has 1 rings (SSSR count). The maximum atomic E-state index is 11.9. The van der Waals surface area contributed by atoms with E-state index in [9.17, 15) is 13.2 Å². The van der Waals surface area contributed by atoms with Crippen molar-refractivity contribution in [2.24, 2.45) is 0 Å². The zero-order valence-electron chi connectivity index (χ0n) is 11.3. The fraction of sp³-hybridized carbons (Fsp3) is 0.462. The lowest BCUT2D eigenvalue weighted by molar-refractivity contribution is -0.115. The van der Waals surface area contributed by atoms with Gasteiger partial charge in [0.1, 0.15) is 0 Å². The van der Waals surface area contributed by atoms with E-state index >= 15 is 0 Å². The van der Waals surface area contributed by atoms with Crippen molar-refractivity contribution in [3.63, 3.8) is 0 Å². The number of rotatable bonds is 7. The molecule has 0 atom stereocenters. The number of hydrogen-bond acceptors (Lipinski definition) is 4.